The Morgan fingerprint density at radius 2 is 1.15 bits per heavy atom. The number of hydrogen-bond donors (Lipinski definition) is 0. The summed E-state index contributed by atoms with van der Waals surface area (Å²) in [5, 5.41) is 0. The van der Waals surface area contributed by atoms with Gasteiger partial charge in [-0.2, -0.15) is 0 Å². The van der Waals surface area contributed by atoms with Crippen LogP contribution in [0, 0.1) is 0 Å². The third-order valence-corrected chi connectivity index (χ3v) is 3.53. The van der Waals surface area contributed by atoms with Crippen LogP contribution in [-0.4, -0.2) is 48.3 Å². The average Bonchev–Trinajstić information content (AvgIpc) is 2.38. The van der Waals surface area contributed by atoms with E-state index in [-0.39, 0.29) is 17.0 Å². The van der Waals surface area contributed by atoms with E-state index in [2.05, 4.69) is 44.7 Å². The molecular formula is C17H29BrN2. The van der Waals surface area contributed by atoms with Crippen molar-refractivity contribution in [3.05, 3.63) is 63.3 Å². The molecule has 114 valence electrons. The Labute approximate surface area is 135 Å². The van der Waals surface area contributed by atoms with Crippen molar-refractivity contribution in [3.63, 3.8) is 0 Å². The second-order valence-electron chi connectivity index (χ2n) is 4.80. The summed E-state index contributed by atoms with van der Waals surface area (Å²) in [6.07, 6.45) is 10.1. The first-order valence-corrected chi connectivity index (χ1v) is 6.76. The maximum atomic E-state index is 3.90. The van der Waals surface area contributed by atoms with E-state index in [1.165, 1.54) is 0 Å². The SMILES string of the molecule is C=CCN(CC=C)C(C)[N+](CC=C)(CC=C)CC=C.[Br-]. The fourth-order valence-corrected chi connectivity index (χ4v) is 2.51. The number of nitrogens with zero attached hydrogens (tertiary/aromatic N) is 2. The molecular weight excluding hydrogens is 312 g/mol. The van der Waals surface area contributed by atoms with Gasteiger partial charge in [0.2, 0.25) is 0 Å². The highest BCUT2D eigenvalue weighted by atomic mass is 79.9. The smallest absolute Gasteiger partial charge is 0.143 e. The summed E-state index contributed by atoms with van der Waals surface area (Å²) >= 11 is 0. The van der Waals surface area contributed by atoms with Crippen molar-refractivity contribution in [1.29, 1.82) is 0 Å². The van der Waals surface area contributed by atoms with Gasteiger partial charge in [-0.25, -0.2) is 4.90 Å². The normalized spacial score (nSPS) is 12.1. The molecule has 0 rings (SSSR count). The standard InChI is InChI=1S/C17H29N2.BrH/c1-7-12-18(13-8-2)17(6)19(14-9-3,15-10-4)16-11-5;/h7-11,17H,1-5,12-16H2,6H3;1H/q+1;/p-1. The van der Waals surface area contributed by atoms with Crippen LogP contribution >= 0.6 is 0 Å². The van der Waals surface area contributed by atoms with Crippen molar-refractivity contribution >= 4 is 0 Å². The van der Waals surface area contributed by atoms with Crippen LogP contribution < -0.4 is 17.0 Å². The Morgan fingerprint density at radius 1 is 0.800 bits per heavy atom. The molecule has 20 heavy (non-hydrogen) atoms. The molecule has 0 aliphatic heterocycles. The van der Waals surface area contributed by atoms with E-state index in [1.807, 2.05) is 30.4 Å². The number of quaternary nitrogens is 1. The van der Waals surface area contributed by atoms with Crippen LogP contribution in [-0.2, 0) is 0 Å². The minimum Gasteiger partial charge on any atom is -1.00 e. The summed E-state index contributed by atoms with van der Waals surface area (Å²) in [4.78, 5) is 2.36. The van der Waals surface area contributed by atoms with Crippen LogP contribution in [0.3, 0.4) is 0 Å². The zero-order valence-electron chi connectivity index (χ0n) is 12.8. The first-order valence-electron chi connectivity index (χ1n) is 6.76. The van der Waals surface area contributed by atoms with Crippen LogP contribution in [0.1, 0.15) is 6.92 Å². The van der Waals surface area contributed by atoms with Crippen LogP contribution in [0.2, 0.25) is 0 Å². The highest BCUT2D eigenvalue weighted by Crippen LogP contribution is 2.18. The van der Waals surface area contributed by atoms with E-state index in [4.69, 9.17) is 0 Å². The number of rotatable bonds is 12. The Bertz CT molecular complexity index is 286. The lowest BCUT2D eigenvalue weighted by atomic mass is 10.2. The van der Waals surface area contributed by atoms with Crippen LogP contribution in [0.25, 0.3) is 0 Å². The van der Waals surface area contributed by atoms with Gasteiger partial charge in [0.25, 0.3) is 0 Å². The minimum absolute atomic E-state index is 0. The highest BCUT2D eigenvalue weighted by molar-refractivity contribution is 4.84. The highest BCUT2D eigenvalue weighted by Gasteiger charge is 2.33. The molecule has 0 aromatic rings. The lowest BCUT2D eigenvalue weighted by molar-refractivity contribution is -0.945. The molecule has 0 aromatic heterocycles. The summed E-state index contributed by atoms with van der Waals surface area (Å²) in [7, 11) is 0. The molecule has 0 spiro atoms. The van der Waals surface area contributed by atoms with Crippen LogP contribution in [0.5, 0.6) is 0 Å². The van der Waals surface area contributed by atoms with E-state index in [9.17, 15) is 0 Å². The predicted molar refractivity (Wildman–Crippen MR) is 86.9 cm³/mol. The molecule has 0 saturated carbocycles. The van der Waals surface area contributed by atoms with Gasteiger partial charge in [0.15, 0.2) is 0 Å². The Balaban J connectivity index is 0. The summed E-state index contributed by atoms with van der Waals surface area (Å²) in [6, 6.07) is 0. The van der Waals surface area contributed by atoms with Crippen molar-refractivity contribution in [2.45, 2.75) is 13.1 Å². The molecule has 0 amide bonds. The quantitative estimate of drug-likeness (QED) is 0.282. The molecule has 1 atom stereocenters. The van der Waals surface area contributed by atoms with Crippen LogP contribution in [0.15, 0.2) is 63.3 Å². The Morgan fingerprint density at radius 3 is 1.40 bits per heavy atom. The van der Waals surface area contributed by atoms with Crippen molar-refractivity contribution in [3.8, 4) is 0 Å². The Kier molecular flexibility index (Phi) is 12.7. The third-order valence-electron chi connectivity index (χ3n) is 3.53. The molecule has 0 aliphatic carbocycles. The molecule has 3 heteroatoms. The lowest BCUT2D eigenvalue weighted by Crippen LogP contribution is -3.00. The summed E-state index contributed by atoms with van der Waals surface area (Å²) in [6.45, 7) is 26.0. The van der Waals surface area contributed by atoms with Crippen molar-refractivity contribution in [1.82, 2.24) is 4.90 Å². The van der Waals surface area contributed by atoms with Gasteiger partial charge in [-0.1, -0.05) is 31.9 Å². The second kappa shape index (κ2) is 11.9. The van der Waals surface area contributed by atoms with Gasteiger partial charge in [0.05, 0.1) is 19.6 Å². The third kappa shape index (κ3) is 6.04. The predicted octanol–water partition coefficient (Wildman–Crippen LogP) is 0.385. The molecule has 0 heterocycles. The lowest BCUT2D eigenvalue weighted by Gasteiger charge is -2.45. The minimum atomic E-state index is 0. The molecule has 0 aliphatic rings. The summed E-state index contributed by atoms with van der Waals surface area (Å²) < 4.78 is 0.859. The van der Waals surface area contributed by atoms with Crippen molar-refractivity contribution in [2.24, 2.45) is 0 Å². The topological polar surface area (TPSA) is 3.24 Å². The van der Waals surface area contributed by atoms with Crippen LogP contribution in [0.4, 0.5) is 0 Å². The van der Waals surface area contributed by atoms with Gasteiger partial charge in [0.1, 0.15) is 6.17 Å². The molecule has 0 radical (unpaired) electrons. The van der Waals surface area contributed by atoms with E-state index in [0.29, 0.717) is 6.17 Å². The molecule has 0 fully saturated rings. The van der Waals surface area contributed by atoms with Gasteiger partial charge in [-0.3, -0.25) is 4.48 Å². The largest absolute Gasteiger partial charge is 1.00 e. The maximum Gasteiger partial charge on any atom is 0.143 e. The zero-order chi connectivity index (χ0) is 14.7. The first-order chi connectivity index (χ1) is 9.11. The maximum absolute atomic E-state index is 3.90. The molecule has 0 saturated heterocycles. The van der Waals surface area contributed by atoms with E-state index < -0.39 is 0 Å². The fraction of sp³-hybridized carbons (Fsp3) is 0.412. The molecule has 0 bridgehead atoms. The zero-order valence-corrected chi connectivity index (χ0v) is 14.4. The monoisotopic (exact) mass is 340 g/mol. The summed E-state index contributed by atoms with van der Waals surface area (Å²) in [5.74, 6) is 0. The van der Waals surface area contributed by atoms with E-state index in [0.717, 1.165) is 37.2 Å². The van der Waals surface area contributed by atoms with Gasteiger partial charge < -0.3 is 17.0 Å². The molecule has 0 N–H and O–H groups in total. The summed E-state index contributed by atoms with van der Waals surface area (Å²) in [5.41, 5.74) is 0. The Hall–Kier alpha value is -0.900. The van der Waals surface area contributed by atoms with Crippen molar-refractivity contribution < 1.29 is 21.5 Å². The van der Waals surface area contributed by atoms with Gasteiger partial charge in [-0.15, -0.1) is 13.2 Å². The molecule has 1 unspecified atom stereocenters. The van der Waals surface area contributed by atoms with Gasteiger partial charge in [0, 0.05) is 20.0 Å². The fourth-order valence-electron chi connectivity index (χ4n) is 2.51. The second-order valence-corrected chi connectivity index (χ2v) is 4.80. The van der Waals surface area contributed by atoms with E-state index >= 15 is 0 Å². The van der Waals surface area contributed by atoms with E-state index in [1.54, 1.807) is 0 Å². The average molecular weight is 341 g/mol. The molecule has 0 aromatic carbocycles. The number of hydrogen-bond acceptors (Lipinski definition) is 1. The molecule has 2 nitrogen and oxygen atoms in total. The number of halogens is 1. The van der Waals surface area contributed by atoms with Gasteiger partial charge >= 0.3 is 0 Å². The van der Waals surface area contributed by atoms with Crippen molar-refractivity contribution in [2.75, 3.05) is 32.7 Å². The van der Waals surface area contributed by atoms with Gasteiger partial charge in [-0.05, 0) is 18.2 Å². The first kappa shape index (κ1) is 21.4.